The van der Waals surface area contributed by atoms with Gasteiger partial charge in [0.1, 0.15) is 6.61 Å². The van der Waals surface area contributed by atoms with Gasteiger partial charge in [-0.1, -0.05) is 0 Å². The molecule has 1 N–H and O–H groups in total. The second kappa shape index (κ2) is 2.42. The molecule has 1 aliphatic rings. The van der Waals surface area contributed by atoms with Crippen LogP contribution < -0.4 is 0 Å². The van der Waals surface area contributed by atoms with Crippen LogP contribution in [0.5, 0.6) is 0 Å². The first-order valence-corrected chi connectivity index (χ1v) is 3.79. The van der Waals surface area contributed by atoms with E-state index in [0.29, 0.717) is 0 Å². The Morgan fingerprint density at radius 1 is 1.78 bits per heavy atom. The van der Waals surface area contributed by atoms with E-state index < -0.39 is 13.7 Å². The third kappa shape index (κ3) is 1.47. The number of carbonyl (C=O) groups is 1. The monoisotopic (exact) mass is 149 g/mol. The number of esters is 1. The molecule has 0 aromatic rings. The number of cyclic esters (lactones) is 1. The molecule has 2 atom stereocenters. The van der Waals surface area contributed by atoms with Crippen molar-refractivity contribution in [1.82, 2.24) is 0 Å². The highest BCUT2D eigenvalue weighted by Gasteiger charge is 2.38. The lowest BCUT2D eigenvalue weighted by Gasteiger charge is -1.82. The summed E-state index contributed by atoms with van der Waals surface area (Å²) >= 11 is 0. The molecule has 1 heterocycles. The Morgan fingerprint density at radius 3 is 2.67 bits per heavy atom. The average molecular weight is 149 g/mol. The van der Waals surface area contributed by atoms with Crippen molar-refractivity contribution >= 4 is 14.0 Å². The molecule has 1 aliphatic heterocycles. The molecule has 0 aromatic carbocycles. The van der Waals surface area contributed by atoms with Gasteiger partial charge in [-0.15, -0.1) is 0 Å². The van der Waals surface area contributed by atoms with Crippen LogP contribution in [0.25, 0.3) is 0 Å². The van der Waals surface area contributed by atoms with Crippen molar-refractivity contribution in [3.05, 3.63) is 0 Å². The van der Waals surface area contributed by atoms with E-state index in [1.54, 1.807) is 0 Å². The van der Waals surface area contributed by atoms with Crippen molar-refractivity contribution in [3.8, 4) is 0 Å². The number of carbonyl (C=O) groups excluding carboxylic acids is 1. The summed E-state index contributed by atoms with van der Waals surface area (Å²) in [7, 11) is -2.22. The molecule has 2 unspecified atom stereocenters. The molecular formula is C4H6O4P+. The van der Waals surface area contributed by atoms with E-state index in [0.717, 1.165) is 0 Å². The highest BCUT2D eigenvalue weighted by atomic mass is 31.1. The number of rotatable bonds is 1. The molecule has 5 heteroatoms. The fourth-order valence-corrected chi connectivity index (χ4v) is 1.15. The first-order valence-electron chi connectivity index (χ1n) is 2.51. The lowest BCUT2D eigenvalue weighted by molar-refractivity contribution is -0.137. The second-order valence-corrected chi connectivity index (χ2v) is 3.18. The van der Waals surface area contributed by atoms with E-state index in [-0.39, 0.29) is 19.0 Å². The molecule has 0 spiro atoms. The Balaban J connectivity index is 2.48. The zero-order valence-electron chi connectivity index (χ0n) is 4.61. The maximum absolute atomic E-state index is 10.3. The van der Waals surface area contributed by atoms with Crippen LogP contribution in [-0.2, 0) is 14.1 Å². The summed E-state index contributed by atoms with van der Waals surface area (Å²) in [6.07, 6.45) is 0.0890. The smallest absolute Gasteiger partial charge is 0.461 e. The average Bonchev–Trinajstić information content (AvgIpc) is 2.14. The molecule has 0 aliphatic carbocycles. The van der Waals surface area contributed by atoms with Crippen LogP contribution in [0.15, 0.2) is 0 Å². The highest BCUT2D eigenvalue weighted by molar-refractivity contribution is 7.39. The minimum Gasteiger partial charge on any atom is -0.461 e. The van der Waals surface area contributed by atoms with Gasteiger partial charge in [-0.05, 0) is 4.57 Å². The van der Waals surface area contributed by atoms with E-state index in [4.69, 9.17) is 4.89 Å². The third-order valence-corrected chi connectivity index (χ3v) is 2.11. The van der Waals surface area contributed by atoms with Gasteiger partial charge in [-0.3, -0.25) is 4.79 Å². The van der Waals surface area contributed by atoms with Gasteiger partial charge in [0.15, 0.2) is 0 Å². The fraction of sp³-hybridized carbons (Fsp3) is 0.750. The molecule has 4 nitrogen and oxygen atoms in total. The molecule has 0 aromatic heterocycles. The van der Waals surface area contributed by atoms with Crippen LogP contribution in [0.4, 0.5) is 0 Å². The normalized spacial score (nSPS) is 27.9. The van der Waals surface area contributed by atoms with Gasteiger partial charge in [0.25, 0.3) is 0 Å². The summed E-state index contributed by atoms with van der Waals surface area (Å²) in [4.78, 5) is 18.7. The van der Waals surface area contributed by atoms with E-state index in [1.165, 1.54) is 0 Å². The Morgan fingerprint density at radius 2 is 2.44 bits per heavy atom. The van der Waals surface area contributed by atoms with Crippen LogP contribution in [0.2, 0.25) is 0 Å². The molecule has 0 amide bonds. The van der Waals surface area contributed by atoms with E-state index in [1.807, 2.05) is 0 Å². The van der Waals surface area contributed by atoms with Gasteiger partial charge in [0.2, 0.25) is 5.66 Å². The van der Waals surface area contributed by atoms with E-state index in [9.17, 15) is 9.36 Å². The zero-order valence-corrected chi connectivity index (χ0v) is 5.51. The minimum absolute atomic E-state index is 0.0890. The SMILES string of the molecule is O=C1CC([P+](=O)O)CO1. The lowest BCUT2D eigenvalue weighted by atomic mass is 10.4. The summed E-state index contributed by atoms with van der Waals surface area (Å²) < 4.78 is 14.7. The summed E-state index contributed by atoms with van der Waals surface area (Å²) in [6, 6.07) is 0. The van der Waals surface area contributed by atoms with Crippen molar-refractivity contribution < 1.29 is 19.0 Å². The van der Waals surface area contributed by atoms with Gasteiger partial charge in [0, 0.05) is 0 Å². The topological polar surface area (TPSA) is 63.6 Å². The minimum atomic E-state index is -2.22. The standard InChI is InChI=1S/C4H5O4P/c5-4-1-3(2-8-4)9(6)7/h3H,1-2H2/p+1. The Labute approximate surface area is 52.7 Å². The molecule has 50 valence electrons. The van der Waals surface area contributed by atoms with Gasteiger partial charge < -0.3 is 4.74 Å². The molecule has 0 saturated carbocycles. The largest absolute Gasteiger partial charge is 0.512 e. The Bertz CT molecular complexity index is 155. The molecule has 1 saturated heterocycles. The summed E-state index contributed by atoms with van der Waals surface area (Å²) in [5, 5.41) is 0. The van der Waals surface area contributed by atoms with Crippen molar-refractivity contribution in [1.29, 1.82) is 0 Å². The first-order chi connectivity index (χ1) is 4.20. The van der Waals surface area contributed by atoms with Crippen LogP contribution in [-0.4, -0.2) is 23.1 Å². The summed E-state index contributed by atoms with van der Waals surface area (Å²) in [5.74, 6) is -0.377. The van der Waals surface area contributed by atoms with Crippen LogP contribution in [0.3, 0.4) is 0 Å². The fourth-order valence-electron chi connectivity index (χ4n) is 0.641. The van der Waals surface area contributed by atoms with Crippen LogP contribution >= 0.6 is 8.03 Å². The predicted octanol–water partition coefficient (Wildman–Crippen LogP) is 0.0366. The number of hydrogen-bond acceptors (Lipinski definition) is 3. The van der Waals surface area contributed by atoms with Crippen molar-refractivity contribution in [3.63, 3.8) is 0 Å². The molecule has 1 fully saturated rings. The lowest BCUT2D eigenvalue weighted by Crippen LogP contribution is -1.98. The zero-order chi connectivity index (χ0) is 6.85. The predicted molar refractivity (Wildman–Crippen MR) is 29.2 cm³/mol. The van der Waals surface area contributed by atoms with Gasteiger partial charge in [-0.25, -0.2) is 0 Å². The Hall–Kier alpha value is -0.470. The van der Waals surface area contributed by atoms with Crippen LogP contribution in [0, 0.1) is 0 Å². The Kier molecular flexibility index (Phi) is 1.78. The quantitative estimate of drug-likeness (QED) is 0.422. The van der Waals surface area contributed by atoms with E-state index in [2.05, 4.69) is 4.74 Å². The molecule has 9 heavy (non-hydrogen) atoms. The third-order valence-electron chi connectivity index (χ3n) is 1.15. The van der Waals surface area contributed by atoms with Crippen molar-refractivity contribution in [2.24, 2.45) is 0 Å². The van der Waals surface area contributed by atoms with Crippen molar-refractivity contribution in [2.75, 3.05) is 6.61 Å². The summed E-state index contributed by atoms with van der Waals surface area (Å²) in [6.45, 7) is 0.102. The van der Waals surface area contributed by atoms with Gasteiger partial charge in [-0.2, -0.15) is 4.89 Å². The van der Waals surface area contributed by atoms with Gasteiger partial charge in [0.05, 0.1) is 6.42 Å². The number of hydrogen-bond donors (Lipinski definition) is 1. The van der Waals surface area contributed by atoms with Crippen LogP contribution in [0.1, 0.15) is 6.42 Å². The first kappa shape index (κ1) is 6.65. The highest BCUT2D eigenvalue weighted by Crippen LogP contribution is 2.29. The van der Waals surface area contributed by atoms with Crippen molar-refractivity contribution in [2.45, 2.75) is 12.1 Å². The molecule has 1 rings (SSSR count). The molecule has 0 bridgehead atoms. The molecule has 0 radical (unpaired) electrons. The second-order valence-electron chi connectivity index (χ2n) is 1.84. The maximum Gasteiger partial charge on any atom is 0.512 e. The summed E-state index contributed by atoms with van der Waals surface area (Å²) in [5.41, 5.74) is -0.465. The number of ether oxygens (including phenoxy) is 1. The maximum atomic E-state index is 10.3. The van der Waals surface area contributed by atoms with Gasteiger partial charge >= 0.3 is 14.0 Å². The van der Waals surface area contributed by atoms with E-state index >= 15 is 0 Å². The molecular weight excluding hydrogens is 143 g/mol.